The Bertz CT molecular complexity index is 565. The molecule has 1 aromatic carbocycles. The minimum atomic E-state index is -1.09. The van der Waals surface area contributed by atoms with Crippen LogP contribution in [0.15, 0.2) is 36.7 Å². The van der Waals surface area contributed by atoms with Gasteiger partial charge in [-0.15, -0.1) is 5.10 Å². The number of amides is 1. The molecule has 1 heterocycles. The number of para-hydroxylation sites is 1. The smallest absolute Gasteiger partial charge is 0.337 e. The van der Waals surface area contributed by atoms with E-state index in [9.17, 15) is 9.59 Å². The molecule has 7 heteroatoms. The fourth-order valence-electron chi connectivity index (χ4n) is 1.43. The lowest BCUT2D eigenvalue weighted by Crippen LogP contribution is -2.20. The summed E-state index contributed by atoms with van der Waals surface area (Å²) in [6.07, 6.45) is 3.00. The van der Waals surface area contributed by atoms with Crippen LogP contribution in [0.1, 0.15) is 10.4 Å². The van der Waals surface area contributed by atoms with Crippen LogP contribution in [-0.2, 0) is 11.3 Å². The van der Waals surface area contributed by atoms with Crippen molar-refractivity contribution in [2.75, 3.05) is 5.32 Å². The summed E-state index contributed by atoms with van der Waals surface area (Å²) < 4.78 is 1.35. The Kier molecular flexibility index (Phi) is 3.33. The number of benzene rings is 1. The van der Waals surface area contributed by atoms with Crippen LogP contribution >= 0.6 is 0 Å². The van der Waals surface area contributed by atoms with Gasteiger partial charge in [0.1, 0.15) is 6.54 Å². The van der Waals surface area contributed by atoms with Gasteiger partial charge in [0.05, 0.1) is 17.4 Å². The Morgan fingerprint density at radius 1 is 1.33 bits per heavy atom. The van der Waals surface area contributed by atoms with E-state index >= 15 is 0 Å². The standard InChI is InChI=1S/C11H10N4O3/c16-10(7-15-6-5-12-14-15)13-9-4-2-1-3-8(9)11(17)18/h1-6H,7H2,(H,13,16)(H,17,18). The third-order valence-corrected chi connectivity index (χ3v) is 2.21. The molecule has 2 aromatic rings. The number of rotatable bonds is 4. The minimum absolute atomic E-state index is 0.0199. The van der Waals surface area contributed by atoms with E-state index in [2.05, 4.69) is 15.6 Å². The molecule has 2 rings (SSSR count). The monoisotopic (exact) mass is 246 g/mol. The van der Waals surface area contributed by atoms with Gasteiger partial charge in [-0.05, 0) is 12.1 Å². The van der Waals surface area contributed by atoms with Crippen molar-refractivity contribution in [3.05, 3.63) is 42.2 Å². The normalized spacial score (nSPS) is 10.0. The number of hydrogen-bond donors (Lipinski definition) is 2. The average Bonchev–Trinajstić information content (AvgIpc) is 2.82. The molecule has 0 aliphatic rings. The summed E-state index contributed by atoms with van der Waals surface area (Å²) >= 11 is 0. The molecule has 0 aliphatic carbocycles. The second kappa shape index (κ2) is 5.09. The topological polar surface area (TPSA) is 97.1 Å². The molecule has 0 saturated carbocycles. The van der Waals surface area contributed by atoms with E-state index in [4.69, 9.17) is 5.11 Å². The van der Waals surface area contributed by atoms with E-state index in [1.165, 1.54) is 23.0 Å². The van der Waals surface area contributed by atoms with Crippen molar-refractivity contribution in [2.45, 2.75) is 6.54 Å². The summed E-state index contributed by atoms with van der Waals surface area (Å²) in [5.74, 6) is -1.46. The van der Waals surface area contributed by atoms with Gasteiger partial charge in [0.2, 0.25) is 5.91 Å². The first kappa shape index (κ1) is 11.8. The molecule has 1 aromatic heterocycles. The number of carboxylic acid groups (broad SMARTS) is 1. The predicted molar refractivity (Wildman–Crippen MR) is 62.1 cm³/mol. The number of aromatic nitrogens is 3. The number of nitrogens with zero attached hydrogens (tertiary/aromatic N) is 3. The SMILES string of the molecule is O=C(Cn1ccnn1)Nc1ccccc1C(=O)O. The van der Waals surface area contributed by atoms with E-state index in [-0.39, 0.29) is 23.7 Å². The summed E-state index contributed by atoms with van der Waals surface area (Å²) in [6, 6.07) is 6.20. The van der Waals surface area contributed by atoms with Crippen LogP contribution < -0.4 is 5.32 Å². The first-order valence-electron chi connectivity index (χ1n) is 5.13. The van der Waals surface area contributed by atoms with Crippen LogP contribution in [0.4, 0.5) is 5.69 Å². The summed E-state index contributed by atoms with van der Waals surface area (Å²) in [5.41, 5.74) is 0.305. The van der Waals surface area contributed by atoms with Gasteiger partial charge < -0.3 is 10.4 Å². The highest BCUT2D eigenvalue weighted by Gasteiger charge is 2.11. The molecule has 7 nitrogen and oxygen atoms in total. The summed E-state index contributed by atoms with van der Waals surface area (Å²) in [7, 11) is 0. The number of hydrogen-bond acceptors (Lipinski definition) is 4. The third kappa shape index (κ3) is 2.70. The maximum absolute atomic E-state index is 11.7. The van der Waals surface area contributed by atoms with E-state index < -0.39 is 5.97 Å². The maximum Gasteiger partial charge on any atom is 0.337 e. The van der Waals surface area contributed by atoms with Crippen LogP contribution in [0, 0.1) is 0 Å². The van der Waals surface area contributed by atoms with E-state index in [0.717, 1.165) is 0 Å². The molecule has 1 amide bonds. The molecular weight excluding hydrogens is 236 g/mol. The second-order valence-corrected chi connectivity index (χ2v) is 3.50. The van der Waals surface area contributed by atoms with Crippen molar-refractivity contribution >= 4 is 17.6 Å². The van der Waals surface area contributed by atoms with Crippen molar-refractivity contribution in [3.8, 4) is 0 Å². The van der Waals surface area contributed by atoms with Crippen LogP contribution in [-0.4, -0.2) is 32.0 Å². The molecule has 0 aliphatic heterocycles. The quantitative estimate of drug-likeness (QED) is 0.824. The summed E-state index contributed by atoms with van der Waals surface area (Å²) in [4.78, 5) is 22.6. The van der Waals surface area contributed by atoms with E-state index in [0.29, 0.717) is 0 Å². The molecule has 18 heavy (non-hydrogen) atoms. The van der Waals surface area contributed by atoms with Crippen LogP contribution in [0.5, 0.6) is 0 Å². The largest absolute Gasteiger partial charge is 0.478 e. The maximum atomic E-state index is 11.7. The number of carboxylic acids is 1. The minimum Gasteiger partial charge on any atom is -0.478 e. The highest BCUT2D eigenvalue weighted by atomic mass is 16.4. The van der Waals surface area contributed by atoms with Crippen LogP contribution in [0.25, 0.3) is 0 Å². The molecular formula is C11H10N4O3. The number of nitrogens with one attached hydrogen (secondary N) is 1. The molecule has 0 radical (unpaired) electrons. The van der Waals surface area contributed by atoms with E-state index in [1.54, 1.807) is 18.3 Å². The zero-order chi connectivity index (χ0) is 13.0. The first-order chi connectivity index (χ1) is 8.66. The van der Waals surface area contributed by atoms with E-state index in [1.807, 2.05) is 0 Å². The predicted octanol–water partition coefficient (Wildman–Crippen LogP) is 0.615. The molecule has 0 atom stereocenters. The zero-order valence-electron chi connectivity index (χ0n) is 9.28. The van der Waals surface area contributed by atoms with Gasteiger partial charge in [-0.25, -0.2) is 9.48 Å². The third-order valence-electron chi connectivity index (χ3n) is 2.21. The Labute approximate surface area is 102 Å². The van der Waals surface area contributed by atoms with Gasteiger partial charge in [0.25, 0.3) is 0 Å². The van der Waals surface area contributed by atoms with Crippen molar-refractivity contribution in [1.82, 2.24) is 15.0 Å². The van der Waals surface area contributed by atoms with Crippen molar-refractivity contribution in [1.29, 1.82) is 0 Å². The molecule has 92 valence electrons. The number of anilines is 1. The molecule has 0 fully saturated rings. The van der Waals surface area contributed by atoms with Crippen LogP contribution in [0.3, 0.4) is 0 Å². The highest BCUT2D eigenvalue weighted by Crippen LogP contribution is 2.14. The number of aromatic carboxylic acids is 1. The second-order valence-electron chi connectivity index (χ2n) is 3.50. The van der Waals surface area contributed by atoms with Gasteiger partial charge in [0, 0.05) is 6.20 Å². The lowest BCUT2D eigenvalue weighted by atomic mass is 10.2. The summed E-state index contributed by atoms with van der Waals surface area (Å²) in [6.45, 7) is -0.0199. The van der Waals surface area contributed by atoms with Gasteiger partial charge >= 0.3 is 5.97 Å². The number of carbonyl (C=O) groups is 2. The van der Waals surface area contributed by atoms with Crippen molar-refractivity contribution in [2.24, 2.45) is 0 Å². The van der Waals surface area contributed by atoms with Gasteiger partial charge in [-0.2, -0.15) is 0 Å². The van der Waals surface area contributed by atoms with Crippen LogP contribution in [0.2, 0.25) is 0 Å². The van der Waals surface area contributed by atoms with Gasteiger partial charge in [-0.1, -0.05) is 17.3 Å². The zero-order valence-corrected chi connectivity index (χ0v) is 9.28. The Balaban J connectivity index is 2.09. The Morgan fingerprint density at radius 2 is 2.11 bits per heavy atom. The molecule has 0 spiro atoms. The van der Waals surface area contributed by atoms with Crippen molar-refractivity contribution < 1.29 is 14.7 Å². The highest BCUT2D eigenvalue weighted by molar-refractivity contribution is 6.00. The molecule has 0 saturated heterocycles. The molecule has 0 bridgehead atoms. The number of carbonyl (C=O) groups excluding carboxylic acids is 1. The average molecular weight is 246 g/mol. The van der Waals surface area contributed by atoms with Gasteiger partial charge in [0.15, 0.2) is 0 Å². The van der Waals surface area contributed by atoms with Gasteiger partial charge in [-0.3, -0.25) is 4.79 Å². The lowest BCUT2D eigenvalue weighted by Gasteiger charge is -2.07. The molecule has 0 unspecified atom stereocenters. The summed E-state index contributed by atoms with van der Waals surface area (Å²) in [5, 5.41) is 18.7. The van der Waals surface area contributed by atoms with Crippen molar-refractivity contribution in [3.63, 3.8) is 0 Å². The fraction of sp³-hybridized carbons (Fsp3) is 0.0909. The Hall–Kier alpha value is -2.70. The fourth-order valence-corrected chi connectivity index (χ4v) is 1.43. The first-order valence-corrected chi connectivity index (χ1v) is 5.13. The molecule has 2 N–H and O–H groups in total. The lowest BCUT2D eigenvalue weighted by molar-refractivity contribution is -0.116. The Morgan fingerprint density at radius 3 is 2.78 bits per heavy atom.